The van der Waals surface area contributed by atoms with Crippen molar-refractivity contribution < 1.29 is 66.4 Å². The van der Waals surface area contributed by atoms with Crippen LogP contribution >= 0.6 is 0 Å². The summed E-state index contributed by atoms with van der Waals surface area (Å²) in [6, 6.07) is 0. The molecule has 12 heavy (non-hydrogen) atoms. The first-order valence-corrected chi connectivity index (χ1v) is 3.44. The third-order valence-corrected chi connectivity index (χ3v) is 0.675. The summed E-state index contributed by atoms with van der Waals surface area (Å²) >= 11 is 0. The number of alkyl halides is 2. The van der Waals surface area contributed by atoms with E-state index in [1.807, 2.05) is 0 Å². The summed E-state index contributed by atoms with van der Waals surface area (Å²) in [7, 11) is -7.49. The van der Waals surface area contributed by atoms with E-state index < -0.39 is 23.2 Å². The predicted octanol–water partition coefficient (Wildman–Crippen LogP) is -5.58. The Balaban J connectivity index is -0.000000142. The first kappa shape index (κ1) is 18.5. The number of hydrogen-bond acceptors (Lipinski definition) is 5. The predicted molar refractivity (Wildman–Crippen MR) is 27.7 cm³/mol. The smallest absolute Gasteiger partial charge is 0.832 e. The average molecular weight is 216 g/mol. The normalized spacial score (nSPS) is 9.58. The van der Waals surface area contributed by atoms with Crippen LogP contribution in [0.2, 0.25) is 0 Å². The Bertz CT molecular complexity index is 177. The van der Waals surface area contributed by atoms with Gasteiger partial charge in [-0.15, -0.1) is 0 Å². The summed E-state index contributed by atoms with van der Waals surface area (Å²) in [5, 5.41) is 22.8. The molecule has 0 saturated heterocycles. The van der Waals surface area contributed by atoms with E-state index in [1.165, 1.54) is 0 Å². The van der Waals surface area contributed by atoms with Gasteiger partial charge in [-0.2, -0.15) is 17.2 Å². The van der Waals surface area contributed by atoms with Crippen LogP contribution in [0.25, 0.3) is 0 Å². The van der Waals surface area contributed by atoms with Gasteiger partial charge in [0.1, 0.15) is 0 Å². The third-order valence-electron chi connectivity index (χ3n) is 0.225. The molecule has 0 aliphatic heterocycles. The van der Waals surface area contributed by atoms with Gasteiger partial charge in [0.25, 0.3) is 0 Å². The molecule has 0 heterocycles. The molecule has 6 nitrogen and oxygen atoms in total. The van der Waals surface area contributed by atoms with Crippen molar-refractivity contribution in [2.45, 2.75) is 5.76 Å². The van der Waals surface area contributed by atoms with Crippen molar-refractivity contribution in [3.63, 3.8) is 0 Å². The van der Waals surface area contributed by atoms with E-state index in [9.17, 15) is 8.78 Å². The molecule has 0 fully saturated rings. The van der Waals surface area contributed by atoms with Crippen molar-refractivity contribution >= 4 is 17.4 Å². The first-order valence-electron chi connectivity index (χ1n) is 1.94. The second-order valence-electron chi connectivity index (χ2n) is 1.10. The topological polar surface area (TPSA) is 118 Å². The molecule has 0 aromatic heterocycles. The molecule has 0 rings (SSSR count). The number of hydrogen-bond donors (Lipinski definition) is 3. The summed E-state index contributed by atoms with van der Waals surface area (Å²) in [5.74, 6) is -3.67. The minimum absolute atomic E-state index is 0. The summed E-state index contributed by atoms with van der Waals surface area (Å²) < 4.78 is 47.0. The standard InChI is InChI=1S/CH2F2O3S.BH2O3.Na/c2-1(3)7(4,5)6;2-1(3)4;/h1H,(H,4,5,6);2-3H;/q;-1;+1. The van der Waals surface area contributed by atoms with Crippen LogP contribution in [0.5, 0.6) is 0 Å². The van der Waals surface area contributed by atoms with Gasteiger partial charge < -0.3 is 15.1 Å². The molecular formula is CH4BF2NaO6S. The molecule has 0 spiro atoms. The van der Waals surface area contributed by atoms with Crippen molar-refractivity contribution in [1.29, 1.82) is 0 Å². The van der Waals surface area contributed by atoms with Gasteiger partial charge in [0, 0.05) is 0 Å². The van der Waals surface area contributed by atoms with Crippen LogP contribution in [0.1, 0.15) is 0 Å². The molecule has 0 amide bonds. The molecule has 0 radical (unpaired) electrons. The van der Waals surface area contributed by atoms with E-state index in [2.05, 4.69) is 0 Å². The average Bonchev–Trinajstić information content (AvgIpc) is 1.59. The Morgan fingerprint density at radius 2 is 1.42 bits per heavy atom. The van der Waals surface area contributed by atoms with E-state index >= 15 is 0 Å². The molecule has 0 aliphatic rings. The maximum atomic E-state index is 10.7. The van der Waals surface area contributed by atoms with Crippen molar-refractivity contribution in [3.05, 3.63) is 0 Å². The largest absolute Gasteiger partial charge is 1.00 e. The molecule has 3 N–H and O–H groups in total. The first-order chi connectivity index (χ1) is 4.68. The van der Waals surface area contributed by atoms with Gasteiger partial charge in [-0.1, -0.05) is 0 Å². The maximum absolute atomic E-state index is 10.7. The Hall–Kier alpha value is 0.715. The van der Waals surface area contributed by atoms with Crippen LogP contribution in [-0.4, -0.2) is 36.1 Å². The second kappa shape index (κ2) is 8.32. The minimum Gasteiger partial charge on any atom is -0.832 e. The summed E-state index contributed by atoms with van der Waals surface area (Å²) in [5.41, 5.74) is 0. The molecule has 0 unspecified atom stereocenters. The van der Waals surface area contributed by atoms with Gasteiger partial charge in [-0.3, -0.25) is 4.55 Å². The fourth-order valence-electron chi connectivity index (χ4n) is 0. The monoisotopic (exact) mass is 216 g/mol. The van der Waals surface area contributed by atoms with Gasteiger partial charge in [0.05, 0.1) is 0 Å². The van der Waals surface area contributed by atoms with Crippen LogP contribution < -0.4 is 34.6 Å². The molecular weight excluding hydrogens is 212 g/mol. The van der Waals surface area contributed by atoms with Crippen LogP contribution in [-0.2, 0) is 10.1 Å². The van der Waals surface area contributed by atoms with Crippen molar-refractivity contribution in [1.82, 2.24) is 0 Å². The van der Waals surface area contributed by atoms with Gasteiger partial charge >= 0.3 is 52.8 Å². The fraction of sp³-hybridized carbons (Fsp3) is 1.00. The Kier molecular flexibility index (Phi) is 12.8. The summed E-state index contributed by atoms with van der Waals surface area (Å²) in [6.07, 6.45) is 0. The molecule has 68 valence electrons. The van der Waals surface area contributed by atoms with Gasteiger partial charge in [0.15, 0.2) is 0 Å². The quantitative estimate of drug-likeness (QED) is 0.297. The van der Waals surface area contributed by atoms with Crippen LogP contribution in [0.3, 0.4) is 0 Å². The van der Waals surface area contributed by atoms with E-state index in [0.29, 0.717) is 0 Å². The van der Waals surface area contributed by atoms with Gasteiger partial charge in [0.2, 0.25) is 0 Å². The van der Waals surface area contributed by atoms with E-state index in [4.69, 9.17) is 28.0 Å². The van der Waals surface area contributed by atoms with E-state index in [0.717, 1.165) is 0 Å². The van der Waals surface area contributed by atoms with E-state index in [1.54, 1.807) is 0 Å². The molecule has 0 aromatic carbocycles. The van der Waals surface area contributed by atoms with Crippen molar-refractivity contribution in [3.8, 4) is 0 Å². The van der Waals surface area contributed by atoms with Crippen molar-refractivity contribution in [2.24, 2.45) is 0 Å². The van der Waals surface area contributed by atoms with Crippen molar-refractivity contribution in [2.75, 3.05) is 0 Å². The van der Waals surface area contributed by atoms with Gasteiger partial charge in [-0.05, 0) is 0 Å². The Labute approximate surface area is 89.4 Å². The number of rotatable bonds is 1. The third kappa shape index (κ3) is 22.4. The molecule has 11 heteroatoms. The van der Waals surface area contributed by atoms with Crippen LogP contribution in [0.15, 0.2) is 0 Å². The minimum atomic E-state index is -5.07. The van der Waals surface area contributed by atoms with Gasteiger partial charge in [-0.25, -0.2) is 0 Å². The molecule has 0 aliphatic carbocycles. The Morgan fingerprint density at radius 1 is 1.33 bits per heavy atom. The maximum Gasteiger partial charge on any atom is 1.00 e. The molecule has 0 bridgehead atoms. The Morgan fingerprint density at radius 3 is 1.42 bits per heavy atom. The second-order valence-corrected chi connectivity index (χ2v) is 2.49. The van der Waals surface area contributed by atoms with Crippen LogP contribution in [0, 0.1) is 0 Å². The summed E-state index contributed by atoms with van der Waals surface area (Å²) in [4.78, 5) is 0. The zero-order valence-corrected chi connectivity index (χ0v) is 8.70. The zero-order chi connectivity index (χ0) is 9.65. The summed E-state index contributed by atoms with van der Waals surface area (Å²) in [6.45, 7) is 0. The molecule has 0 aromatic rings. The molecule has 0 saturated carbocycles. The SMILES string of the molecule is O=S(=O)(O)C(F)F.[Na+].[O-]B(O)O. The van der Waals surface area contributed by atoms with Crippen LogP contribution in [0.4, 0.5) is 8.78 Å². The zero-order valence-electron chi connectivity index (χ0n) is 5.89. The fourth-order valence-corrected chi connectivity index (χ4v) is 0. The number of halogens is 2. The van der Waals surface area contributed by atoms with E-state index in [-0.39, 0.29) is 29.6 Å². The molecule has 0 atom stereocenters.